The van der Waals surface area contributed by atoms with Crippen LogP contribution in [0.2, 0.25) is 0 Å². The van der Waals surface area contributed by atoms with Crippen LogP contribution in [0.3, 0.4) is 0 Å². The molecule has 94 valence electrons. The molecule has 1 aliphatic rings. The molecule has 17 heavy (non-hydrogen) atoms. The van der Waals surface area contributed by atoms with E-state index in [9.17, 15) is 0 Å². The predicted octanol–water partition coefficient (Wildman–Crippen LogP) is 2.20. The van der Waals surface area contributed by atoms with Crippen LogP contribution in [-0.2, 0) is 0 Å². The molecule has 2 N–H and O–H groups in total. The fourth-order valence-electron chi connectivity index (χ4n) is 2.70. The van der Waals surface area contributed by atoms with Crippen LogP contribution < -0.4 is 5.73 Å². The first kappa shape index (κ1) is 12.5. The Morgan fingerprint density at radius 1 is 1.59 bits per heavy atom. The minimum Gasteiger partial charge on any atom is -0.327 e. The number of hydrogen-bond acceptors (Lipinski definition) is 3. The Morgan fingerprint density at radius 3 is 3.06 bits per heavy atom. The number of aromatic nitrogens is 1. The largest absolute Gasteiger partial charge is 0.327 e. The van der Waals surface area contributed by atoms with Gasteiger partial charge in [-0.15, -0.1) is 0 Å². The molecular weight excluding hydrogens is 210 g/mol. The van der Waals surface area contributed by atoms with Crippen molar-refractivity contribution in [2.45, 2.75) is 38.8 Å². The van der Waals surface area contributed by atoms with Crippen molar-refractivity contribution in [1.29, 1.82) is 0 Å². The van der Waals surface area contributed by atoms with Gasteiger partial charge in [-0.1, -0.05) is 19.4 Å². The summed E-state index contributed by atoms with van der Waals surface area (Å²) in [5.41, 5.74) is 7.46. The monoisotopic (exact) mass is 233 g/mol. The van der Waals surface area contributed by atoms with Crippen LogP contribution >= 0.6 is 0 Å². The van der Waals surface area contributed by atoms with Crippen LogP contribution in [0.1, 0.15) is 38.3 Å². The van der Waals surface area contributed by atoms with Gasteiger partial charge in [0.1, 0.15) is 0 Å². The van der Waals surface area contributed by atoms with Gasteiger partial charge in [-0.25, -0.2) is 0 Å². The topological polar surface area (TPSA) is 42.2 Å². The lowest BCUT2D eigenvalue weighted by Crippen LogP contribution is -2.47. The second-order valence-corrected chi connectivity index (χ2v) is 5.08. The average molecular weight is 233 g/mol. The van der Waals surface area contributed by atoms with Gasteiger partial charge in [0.05, 0.1) is 0 Å². The summed E-state index contributed by atoms with van der Waals surface area (Å²) in [5.74, 6) is 0.642. The van der Waals surface area contributed by atoms with E-state index in [-0.39, 0.29) is 0 Å². The summed E-state index contributed by atoms with van der Waals surface area (Å²) in [7, 11) is 0. The molecule has 1 saturated heterocycles. The summed E-state index contributed by atoms with van der Waals surface area (Å²) in [6, 6.07) is 5.01. The van der Waals surface area contributed by atoms with Gasteiger partial charge < -0.3 is 5.73 Å². The molecule has 0 amide bonds. The lowest BCUT2D eigenvalue weighted by molar-refractivity contribution is 0.114. The van der Waals surface area contributed by atoms with Crippen LogP contribution in [0.4, 0.5) is 0 Å². The molecule has 0 aromatic carbocycles. The van der Waals surface area contributed by atoms with E-state index in [1.807, 2.05) is 18.5 Å². The molecule has 3 atom stereocenters. The first-order valence-electron chi connectivity index (χ1n) is 6.62. The number of rotatable bonds is 3. The Hall–Kier alpha value is -0.930. The Labute approximate surface area is 104 Å². The molecule has 0 spiro atoms. The summed E-state index contributed by atoms with van der Waals surface area (Å²) in [5, 5.41) is 0. The maximum absolute atomic E-state index is 6.15. The molecule has 3 heteroatoms. The summed E-state index contributed by atoms with van der Waals surface area (Å²) in [4.78, 5) is 6.74. The summed E-state index contributed by atoms with van der Waals surface area (Å²) in [6.45, 7) is 6.73. The molecule has 2 rings (SSSR count). The number of hydrogen-bond donors (Lipinski definition) is 1. The maximum atomic E-state index is 6.15. The van der Waals surface area contributed by atoms with Gasteiger partial charge in [0, 0.05) is 37.6 Å². The minimum absolute atomic E-state index is 0.386. The van der Waals surface area contributed by atoms with Gasteiger partial charge in [0.25, 0.3) is 0 Å². The van der Waals surface area contributed by atoms with E-state index in [0.717, 1.165) is 19.5 Å². The van der Waals surface area contributed by atoms with E-state index in [1.165, 1.54) is 12.0 Å². The second kappa shape index (κ2) is 5.61. The van der Waals surface area contributed by atoms with Crippen molar-refractivity contribution >= 4 is 0 Å². The normalized spacial score (nSPS) is 27.9. The molecule has 1 aromatic rings. The van der Waals surface area contributed by atoms with Crippen molar-refractivity contribution in [2.24, 2.45) is 11.7 Å². The zero-order valence-corrected chi connectivity index (χ0v) is 10.8. The van der Waals surface area contributed by atoms with Gasteiger partial charge in [-0.2, -0.15) is 0 Å². The highest BCUT2D eigenvalue weighted by molar-refractivity contribution is 5.13. The first-order valence-corrected chi connectivity index (χ1v) is 6.62. The Kier molecular flexibility index (Phi) is 4.13. The van der Waals surface area contributed by atoms with E-state index in [0.29, 0.717) is 18.0 Å². The van der Waals surface area contributed by atoms with Gasteiger partial charge >= 0.3 is 0 Å². The SMILES string of the molecule is CCC1CN(C(C)c2cccnc2)CCC1N. The highest BCUT2D eigenvalue weighted by Crippen LogP contribution is 2.26. The quantitative estimate of drug-likeness (QED) is 0.870. The molecule has 1 aliphatic heterocycles. The first-order chi connectivity index (χ1) is 8.22. The van der Waals surface area contributed by atoms with Crippen LogP contribution in [0.25, 0.3) is 0 Å². The third-order valence-electron chi connectivity index (χ3n) is 4.06. The molecule has 2 heterocycles. The third-order valence-corrected chi connectivity index (χ3v) is 4.06. The van der Waals surface area contributed by atoms with Crippen LogP contribution in [-0.4, -0.2) is 29.0 Å². The number of likely N-dealkylation sites (tertiary alicyclic amines) is 1. The maximum Gasteiger partial charge on any atom is 0.0335 e. The highest BCUT2D eigenvalue weighted by Gasteiger charge is 2.28. The van der Waals surface area contributed by atoms with Gasteiger partial charge in [-0.3, -0.25) is 9.88 Å². The zero-order valence-electron chi connectivity index (χ0n) is 10.8. The lowest BCUT2D eigenvalue weighted by atomic mass is 9.89. The van der Waals surface area contributed by atoms with E-state index >= 15 is 0 Å². The highest BCUT2D eigenvalue weighted by atomic mass is 15.2. The van der Waals surface area contributed by atoms with Crippen molar-refractivity contribution in [3.8, 4) is 0 Å². The smallest absolute Gasteiger partial charge is 0.0335 e. The van der Waals surface area contributed by atoms with Crippen molar-refractivity contribution in [3.63, 3.8) is 0 Å². The number of piperidine rings is 1. The Bertz CT molecular complexity index is 339. The molecule has 0 radical (unpaired) electrons. The van der Waals surface area contributed by atoms with E-state index < -0.39 is 0 Å². The number of pyridine rings is 1. The van der Waals surface area contributed by atoms with Gasteiger partial charge in [0.15, 0.2) is 0 Å². The number of nitrogens with zero attached hydrogens (tertiary/aromatic N) is 2. The molecule has 1 aromatic heterocycles. The standard InChI is InChI=1S/C14H23N3/c1-3-12-10-17(8-6-14(12)15)11(2)13-5-4-7-16-9-13/h4-5,7,9,11-12,14H,3,6,8,10,15H2,1-2H3. The predicted molar refractivity (Wildman–Crippen MR) is 70.6 cm³/mol. The van der Waals surface area contributed by atoms with E-state index in [4.69, 9.17) is 5.73 Å². The minimum atomic E-state index is 0.386. The number of nitrogens with two attached hydrogens (primary N) is 1. The molecule has 3 unspecified atom stereocenters. The van der Waals surface area contributed by atoms with Gasteiger partial charge in [-0.05, 0) is 30.9 Å². The second-order valence-electron chi connectivity index (χ2n) is 5.08. The fourth-order valence-corrected chi connectivity index (χ4v) is 2.70. The van der Waals surface area contributed by atoms with Crippen molar-refractivity contribution in [3.05, 3.63) is 30.1 Å². The van der Waals surface area contributed by atoms with Gasteiger partial charge in [0.2, 0.25) is 0 Å². The summed E-state index contributed by atoms with van der Waals surface area (Å²) < 4.78 is 0. The van der Waals surface area contributed by atoms with Crippen LogP contribution in [0.15, 0.2) is 24.5 Å². The average Bonchev–Trinajstić information content (AvgIpc) is 2.39. The molecule has 3 nitrogen and oxygen atoms in total. The van der Waals surface area contributed by atoms with E-state index in [2.05, 4.69) is 29.8 Å². The molecule has 0 saturated carbocycles. The van der Waals surface area contributed by atoms with Crippen LogP contribution in [0, 0.1) is 5.92 Å². The molecule has 1 fully saturated rings. The molecule has 0 bridgehead atoms. The van der Waals surface area contributed by atoms with Crippen molar-refractivity contribution < 1.29 is 0 Å². The fraction of sp³-hybridized carbons (Fsp3) is 0.643. The van der Waals surface area contributed by atoms with Crippen molar-refractivity contribution in [2.75, 3.05) is 13.1 Å². The third kappa shape index (κ3) is 2.85. The molecule has 0 aliphatic carbocycles. The van der Waals surface area contributed by atoms with Crippen molar-refractivity contribution in [1.82, 2.24) is 9.88 Å². The lowest BCUT2D eigenvalue weighted by Gasteiger charge is -2.39. The zero-order chi connectivity index (χ0) is 12.3. The summed E-state index contributed by atoms with van der Waals surface area (Å²) in [6.07, 6.45) is 6.10. The Balaban J connectivity index is 2.03. The van der Waals surface area contributed by atoms with E-state index in [1.54, 1.807) is 0 Å². The van der Waals surface area contributed by atoms with Crippen LogP contribution in [0.5, 0.6) is 0 Å². The molecular formula is C14H23N3. The Morgan fingerprint density at radius 2 is 2.41 bits per heavy atom. The summed E-state index contributed by atoms with van der Waals surface area (Å²) >= 11 is 0.